The van der Waals surface area contributed by atoms with Gasteiger partial charge in [0.15, 0.2) is 5.60 Å². The Balaban J connectivity index is 1.39. The zero-order chi connectivity index (χ0) is 41.3. The first-order valence-corrected chi connectivity index (χ1v) is 20.4. The number of phenols is 1. The monoisotopic (exact) mass is 788 g/mol. The lowest BCUT2D eigenvalue weighted by Gasteiger charge is -2.52. The summed E-state index contributed by atoms with van der Waals surface area (Å²) in [6.45, 7) is 9.85. The quantitative estimate of drug-likeness (QED) is 0.151. The van der Waals surface area contributed by atoms with Crippen molar-refractivity contribution in [2.45, 2.75) is 58.0 Å². The first kappa shape index (κ1) is 38.6. The van der Waals surface area contributed by atoms with Crippen LogP contribution >= 0.6 is 0 Å². The number of methoxy groups -OCH3 is 3. The van der Waals surface area contributed by atoms with E-state index in [-0.39, 0.29) is 35.2 Å². The number of rotatable bonds is 9. The van der Waals surface area contributed by atoms with Crippen molar-refractivity contribution in [3.63, 3.8) is 0 Å². The van der Waals surface area contributed by atoms with Gasteiger partial charge in [0.2, 0.25) is 0 Å². The Morgan fingerprint density at radius 2 is 1.29 bits per heavy atom. The fourth-order valence-electron chi connectivity index (χ4n) is 11.2. The van der Waals surface area contributed by atoms with Gasteiger partial charge in [-0.25, -0.2) is 0 Å². The number of aromatic hydroxyl groups is 1. The minimum Gasteiger partial charge on any atom is -0.508 e. The highest BCUT2D eigenvalue weighted by atomic mass is 16.5. The lowest BCUT2D eigenvalue weighted by molar-refractivity contribution is 0.0642. The third kappa shape index (κ3) is 6.21. The number of fused-ring (bicyclic) bond motifs is 10. The molecule has 7 nitrogen and oxygen atoms in total. The molecule has 59 heavy (non-hydrogen) atoms. The third-order valence-electron chi connectivity index (χ3n) is 12.7. The predicted molar refractivity (Wildman–Crippen MR) is 234 cm³/mol. The summed E-state index contributed by atoms with van der Waals surface area (Å²) in [5.74, 6) is 3.67. The van der Waals surface area contributed by atoms with Gasteiger partial charge in [0.25, 0.3) is 0 Å². The van der Waals surface area contributed by atoms with Gasteiger partial charge in [-0.1, -0.05) is 82.3 Å². The van der Waals surface area contributed by atoms with Gasteiger partial charge < -0.3 is 33.9 Å². The number of benzene rings is 6. The summed E-state index contributed by atoms with van der Waals surface area (Å²) in [6.07, 6.45) is 7.58. The molecule has 0 radical (unpaired) electrons. The zero-order valence-corrected chi connectivity index (χ0v) is 34.9. The molecule has 302 valence electrons. The van der Waals surface area contributed by atoms with Crippen LogP contribution in [0.3, 0.4) is 0 Å². The molecule has 0 aromatic heterocycles. The maximum absolute atomic E-state index is 10.5. The Morgan fingerprint density at radius 1 is 0.644 bits per heavy atom. The van der Waals surface area contributed by atoms with Crippen LogP contribution < -0.4 is 23.7 Å². The van der Waals surface area contributed by atoms with E-state index in [9.17, 15) is 10.2 Å². The van der Waals surface area contributed by atoms with E-state index in [1.165, 1.54) is 22.3 Å². The smallest absolute Gasteiger partial charge is 0.178 e. The molecule has 1 spiro atoms. The summed E-state index contributed by atoms with van der Waals surface area (Å²) in [4.78, 5) is 0. The van der Waals surface area contributed by atoms with Gasteiger partial charge in [0.05, 0.1) is 27.9 Å². The standard InChI is InChI=1S/C52H52O7/c1-49(2)29-50(3,4)31-51(30-49)43-11-9-8-10-38(43)46-41-27-40(37-21-20-36(55-5)26-44(37)56-6)45(57-7)28-42(41)48-39(47(46)51)22-23-52(59-48,32-12-16-34(54)17-13-32)33-14-18-35(19-15-33)58-25-24-53/h8-23,26-28,53-54H,24-25,29-31H2,1-7H3. The second kappa shape index (κ2) is 14.1. The van der Waals surface area contributed by atoms with Crippen molar-refractivity contribution in [1.29, 1.82) is 0 Å². The summed E-state index contributed by atoms with van der Waals surface area (Å²) >= 11 is 0. The van der Waals surface area contributed by atoms with Crippen LogP contribution in [0, 0.1) is 10.8 Å². The van der Waals surface area contributed by atoms with Crippen molar-refractivity contribution in [2.75, 3.05) is 34.5 Å². The fraction of sp³-hybridized carbons (Fsp3) is 0.308. The van der Waals surface area contributed by atoms with E-state index in [1.54, 1.807) is 33.5 Å². The maximum Gasteiger partial charge on any atom is 0.178 e. The summed E-state index contributed by atoms with van der Waals surface area (Å²) in [5.41, 5.74) is 8.54. The van der Waals surface area contributed by atoms with Crippen LogP contribution in [-0.2, 0) is 11.0 Å². The molecule has 2 N–H and O–H groups in total. The van der Waals surface area contributed by atoms with Gasteiger partial charge in [-0.05, 0) is 112 Å². The summed E-state index contributed by atoms with van der Waals surface area (Å²) in [7, 11) is 5.05. The molecule has 3 aliphatic rings. The molecule has 2 aliphatic carbocycles. The van der Waals surface area contributed by atoms with E-state index in [0.717, 1.165) is 63.6 Å². The second-order valence-electron chi connectivity index (χ2n) is 18.0. The minimum absolute atomic E-state index is 0.0642. The van der Waals surface area contributed by atoms with Crippen LogP contribution in [0.15, 0.2) is 109 Å². The van der Waals surface area contributed by atoms with E-state index >= 15 is 0 Å². The molecular weight excluding hydrogens is 737 g/mol. The summed E-state index contributed by atoms with van der Waals surface area (Å²) in [5, 5.41) is 21.9. The molecule has 0 amide bonds. The maximum atomic E-state index is 10.5. The lowest BCUT2D eigenvalue weighted by Crippen LogP contribution is -2.44. The first-order chi connectivity index (χ1) is 28.4. The van der Waals surface area contributed by atoms with E-state index in [2.05, 4.69) is 76.2 Å². The molecule has 1 heterocycles. The van der Waals surface area contributed by atoms with Crippen molar-refractivity contribution >= 4 is 16.8 Å². The highest BCUT2D eigenvalue weighted by Crippen LogP contribution is 2.67. The number of phenolic OH excluding ortho intramolecular Hbond substituents is 1. The van der Waals surface area contributed by atoms with Crippen LogP contribution in [-0.4, -0.2) is 44.8 Å². The highest BCUT2D eigenvalue weighted by Gasteiger charge is 2.55. The van der Waals surface area contributed by atoms with E-state index in [0.29, 0.717) is 23.0 Å². The lowest BCUT2D eigenvalue weighted by atomic mass is 9.52. The van der Waals surface area contributed by atoms with Crippen LogP contribution in [0.5, 0.6) is 34.5 Å². The Morgan fingerprint density at radius 3 is 1.95 bits per heavy atom. The minimum atomic E-state index is -1.08. The Bertz CT molecular complexity index is 2600. The van der Waals surface area contributed by atoms with Crippen molar-refractivity contribution < 1.29 is 33.9 Å². The van der Waals surface area contributed by atoms with Crippen LogP contribution in [0.4, 0.5) is 0 Å². The molecule has 9 rings (SSSR count). The number of ether oxygens (including phenoxy) is 5. The van der Waals surface area contributed by atoms with Crippen molar-refractivity contribution in [2.24, 2.45) is 10.8 Å². The molecule has 6 aromatic carbocycles. The largest absolute Gasteiger partial charge is 0.508 e. The number of hydrogen-bond donors (Lipinski definition) is 2. The fourth-order valence-corrected chi connectivity index (χ4v) is 11.2. The molecule has 0 saturated heterocycles. The van der Waals surface area contributed by atoms with Crippen molar-refractivity contribution in [1.82, 2.24) is 0 Å². The summed E-state index contributed by atoms with van der Waals surface area (Å²) < 4.78 is 31.3. The Hall–Kier alpha value is -5.92. The Labute approximate surface area is 346 Å². The normalized spacial score (nSPS) is 19.1. The van der Waals surface area contributed by atoms with Crippen molar-refractivity contribution in [3.8, 4) is 56.8 Å². The molecular formula is C52H52O7. The number of aliphatic hydroxyl groups is 1. The second-order valence-corrected chi connectivity index (χ2v) is 18.0. The molecule has 1 fully saturated rings. The van der Waals surface area contributed by atoms with Gasteiger partial charge in [0.1, 0.15) is 41.1 Å². The molecule has 7 heteroatoms. The first-order valence-electron chi connectivity index (χ1n) is 20.4. The Kier molecular flexibility index (Phi) is 9.24. The number of hydrogen-bond acceptors (Lipinski definition) is 7. The van der Waals surface area contributed by atoms with Gasteiger partial charge in [0, 0.05) is 44.7 Å². The van der Waals surface area contributed by atoms with E-state index in [4.69, 9.17) is 23.7 Å². The molecule has 1 atom stereocenters. The SMILES string of the molecule is COc1ccc(-c2cc3c4c(c5c(c3cc2OC)OC(c2ccc(O)cc2)(c2ccc(OCCO)cc2)C=C5)C2(CC(C)(C)CC(C)(C)C2)c2ccccc2-4)c(OC)c1. The number of aliphatic hydroxyl groups excluding tert-OH is 1. The predicted octanol–water partition coefficient (Wildman–Crippen LogP) is 11.5. The van der Waals surface area contributed by atoms with Crippen molar-refractivity contribution in [3.05, 3.63) is 137 Å². The molecule has 1 unspecified atom stereocenters. The van der Waals surface area contributed by atoms with E-state index < -0.39 is 5.60 Å². The van der Waals surface area contributed by atoms with Gasteiger partial charge in [-0.2, -0.15) is 0 Å². The third-order valence-corrected chi connectivity index (χ3v) is 12.7. The molecule has 1 aliphatic heterocycles. The topological polar surface area (TPSA) is 86.6 Å². The van der Waals surface area contributed by atoms with Crippen LogP contribution in [0.1, 0.15) is 74.8 Å². The van der Waals surface area contributed by atoms with Crippen LogP contribution in [0.25, 0.3) is 39.1 Å². The average Bonchev–Trinajstić information content (AvgIpc) is 3.49. The van der Waals surface area contributed by atoms with Gasteiger partial charge in [-0.15, -0.1) is 0 Å². The average molecular weight is 789 g/mol. The highest BCUT2D eigenvalue weighted by molar-refractivity contribution is 6.11. The molecule has 0 bridgehead atoms. The summed E-state index contributed by atoms with van der Waals surface area (Å²) in [6, 6.07) is 34.4. The molecule has 6 aromatic rings. The van der Waals surface area contributed by atoms with Crippen LogP contribution in [0.2, 0.25) is 0 Å². The molecule has 1 saturated carbocycles. The van der Waals surface area contributed by atoms with E-state index in [1.807, 2.05) is 54.6 Å². The van der Waals surface area contributed by atoms with Gasteiger partial charge >= 0.3 is 0 Å². The zero-order valence-electron chi connectivity index (χ0n) is 34.9. The van der Waals surface area contributed by atoms with Gasteiger partial charge in [-0.3, -0.25) is 0 Å².